The van der Waals surface area contributed by atoms with Crippen molar-refractivity contribution < 1.29 is 13.9 Å². The summed E-state index contributed by atoms with van der Waals surface area (Å²) < 4.78 is 25.1. The van der Waals surface area contributed by atoms with E-state index < -0.39 is 18.4 Å². The fraction of sp³-hybridized carbons (Fsp3) is 1.00. The van der Waals surface area contributed by atoms with E-state index in [1.54, 1.807) is 0 Å². The molecular formula is C7H12F2O. The summed E-state index contributed by atoms with van der Waals surface area (Å²) in [4.78, 5) is 0. The van der Waals surface area contributed by atoms with E-state index in [1.165, 1.54) is 0 Å². The Kier molecular flexibility index (Phi) is 2.24. The minimum Gasteiger partial charge on any atom is -0.390 e. The molecule has 0 bridgehead atoms. The summed E-state index contributed by atoms with van der Waals surface area (Å²) in [7, 11) is 0. The highest BCUT2D eigenvalue weighted by Gasteiger charge is 2.35. The number of alkyl halides is 2. The van der Waals surface area contributed by atoms with Crippen LogP contribution in [0.2, 0.25) is 0 Å². The van der Waals surface area contributed by atoms with E-state index in [0.29, 0.717) is 6.42 Å². The van der Waals surface area contributed by atoms with Gasteiger partial charge >= 0.3 is 0 Å². The van der Waals surface area contributed by atoms with E-state index in [9.17, 15) is 8.78 Å². The van der Waals surface area contributed by atoms with Gasteiger partial charge in [0, 0.05) is 0 Å². The molecule has 0 radical (unpaired) electrons. The van der Waals surface area contributed by atoms with Crippen molar-refractivity contribution in [3.05, 3.63) is 0 Å². The number of halogens is 2. The van der Waals surface area contributed by atoms with Crippen molar-refractivity contribution in [2.45, 2.75) is 38.2 Å². The van der Waals surface area contributed by atoms with Gasteiger partial charge in [0.1, 0.15) is 6.17 Å². The number of aliphatic hydroxyl groups excluding tert-OH is 1. The van der Waals surface area contributed by atoms with Gasteiger partial charge in [0.15, 0.2) is 6.17 Å². The first-order valence-electron chi connectivity index (χ1n) is 3.57. The van der Waals surface area contributed by atoms with Crippen LogP contribution >= 0.6 is 0 Å². The molecule has 1 N–H and O–H groups in total. The highest BCUT2D eigenvalue weighted by molar-refractivity contribution is 4.84. The van der Waals surface area contributed by atoms with Crippen LogP contribution in [-0.4, -0.2) is 23.6 Å². The molecule has 10 heavy (non-hydrogen) atoms. The molecule has 1 rings (SSSR count). The van der Waals surface area contributed by atoms with Gasteiger partial charge in [0.25, 0.3) is 0 Å². The lowest BCUT2D eigenvalue weighted by molar-refractivity contribution is -0.0239. The van der Waals surface area contributed by atoms with E-state index in [0.717, 1.165) is 0 Å². The van der Waals surface area contributed by atoms with Crippen molar-refractivity contribution in [1.29, 1.82) is 0 Å². The van der Waals surface area contributed by atoms with Crippen LogP contribution in [0, 0.1) is 5.92 Å². The Balaban J connectivity index is 2.49. The van der Waals surface area contributed by atoms with Gasteiger partial charge in [0.2, 0.25) is 0 Å². The molecule has 0 spiro atoms. The van der Waals surface area contributed by atoms with Crippen LogP contribution in [0.3, 0.4) is 0 Å². The summed E-state index contributed by atoms with van der Waals surface area (Å²) in [5, 5.41) is 8.90. The van der Waals surface area contributed by atoms with Gasteiger partial charge in [-0.2, -0.15) is 0 Å². The van der Waals surface area contributed by atoms with Crippen molar-refractivity contribution in [1.82, 2.24) is 0 Å². The third-order valence-electron chi connectivity index (χ3n) is 1.98. The van der Waals surface area contributed by atoms with E-state index in [2.05, 4.69) is 0 Å². The minimum atomic E-state index is -1.66. The summed E-state index contributed by atoms with van der Waals surface area (Å²) in [6.45, 7) is 1.82. The maximum Gasteiger partial charge on any atom is 0.157 e. The zero-order valence-electron chi connectivity index (χ0n) is 5.93. The highest BCUT2D eigenvalue weighted by atomic mass is 19.2. The summed E-state index contributed by atoms with van der Waals surface area (Å²) in [5.74, 6) is 0.108. The fourth-order valence-corrected chi connectivity index (χ4v) is 1.39. The lowest BCUT2D eigenvalue weighted by Crippen LogP contribution is -2.38. The molecular weight excluding hydrogens is 138 g/mol. The first-order valence-corrected chi connectivity index (χ1v) is 3.57. The maximum atomic E-state index is 12.5. The van der Waals surface area contributed by atoms with Crippen molar-refractivity contribution in [3.8, 4) is 0 Å². The van der Waals surface area contributed by atoms with Crippen molar-refractivity contribution in [3.63, 3.8) is 0 Å². The van der Waals surface area contributed by atoms with Crippen LogP contribution in [0.25, 0.3) is 0 Å². The second kappa shape index (κ2) is 2.82. The van der Waals surface area contributed by atoms with Crippen molar-refractivity contribution >= 4 is 0 Å². The molecule has 1 fully saturated rings. The Morgan fingerprint density at radius 1 is 1.30 bits per heavy atom. The predicted molar refractivity (Wildman–Crippen MR) is 34.2 cm³/mol. The number of aliphatic hydroxyl groups is 1. The summed E-state index contributed by atoms with van der Waals surface area (Å²) in [6.07, 6.45) is -3.56. The zero-order chi connectivity index (χ0) is 7.72. The molecule has 4 atom stereocenters. The first-order chi connectivity index (χ1) is 4.61. The first kappa shape index (κ1) is 7.92. The Hall–Kier alpha value is -0.180. The molecule has 0 aromatic rings. The average Bonchev–Trinajstić information content (AvgIpc) is 1.82. The molecule has 0 amide bonds. The second-order valence-corrected chi connectivity index (χ2v) is 3.10. The van der Waals surface area contributed by atoms with Gasteiger partial charge in [-0.3, -0.25) is 0 Å². The molecule has 1 saturated carbocycles. The number of hydrogen-bond acceptors (Lipinski definition) is 1. The molecule has 4 unspecified atom stereocenters. The molecule has 1 aliphatic carbocycles. The lowest BCUT2D eigenvalue weighted by atomic mass is 9.86. The topological polar surface area (TPSA) is 20.2 Å². The van der Waals surface area contributed by atoms with Crippen LogP contribution < -0.4 is 0 Å². The smallest absolute Gasteiger partial charge is 0.157 e. The Morgan fingerprint density at radius 2 is 1.90 bits per heavy atom. The zero-order valence-corrected chi connectivity index (χ0v) is 5.93. The molecule has 0 aromatic heterocycles. The Morgan fingerprint density at radius 3 is 2.40 bits per heavy atom. The quantitative estimate of drug-likeness (QED) is 0.554. The summed E-state index contributed by atoms with van der Waals surface area (Å²) >= 11 is 0. The molecule has 0 aliphatic heterocycles. The second-order valence-electron chi connectivity index (χ2n) is 3.10. The van der Waals surface area contributed by atoms with E-state index in [4.69, 9.17) is 5.11 Å². The van der Waals surface area contributed by atoms with Gasteiger partial charge in [-0.25, -0.2) is 8.78 Å². The number of hydrogen-bond donors (Lipinski definition) is 1. The van der Waals surface area contributed by atoms with E-state index >= 15 is 0 Å². The highest BCUT2D eigenvalue weighted by Crippen LogP contribution is 2.28. The normalized spacial score (nSPS) is 49.2. The Labute approximate surface area is 59.0 Å². The molecule has 0 aromatic carbocycles. The van der Waals surface area contributed by atoms with Crippen molar-refractivity contribution in [2.75, 3.05) is 0 Å². The molecule has 60 valence electrons. The average molecular weight is 150 g/mol. The van der Waals surface area contributed by atoms with E-state index in [-0.39, 0.29) is 12.3 Å². The standard InChI is InChI=1S/C7H12F2O/c1-4-2-5(8)7(9)6(10)3-4/h4-7,10H,2-3H2,1H3. The van der Waals surface area contributed by atoms with Gasteiger partial charge < -0.3 is 5.11 Å². The summed E-state index contributed by atoms with van der Waals surface area (Å²) in [6, 6.07) is 0. The Bertz CT molecular complexity index is 106. The third kappa shape index (κ3) is 1.45. The lowest BCUT2D eigenvalue weighted by Gasteiger charge is -2.29. The van der Waals surface area contributed by atoms with Crippen LogP contribution in [-0.2, 0) is 0 Å². The van der Waals surface area contributed by atoms with Gasteiger partial charge in [-0.1, -0.05) is 6.92 Å². The third-order valence-corrected chi connectivity index (χ3v) is 1.98. The maximum absolute atomic E-state index is 12.5. The van der Waals surface area contributed by atoms with Gasteiger partial charge in [-0.05, 0) is 18.8 Å². The SMILES string of the molecule is CC1CC(O)C(F)C(F)C1. The molecule has 3 heteroatoms. The fourth-order valence-electron chi connectivity index (χ4n) is 1.39. The van der Waals surface area contributed by atoms with Crippen LogP contribution in [0.5, 0.6) is 0 Å². The van der Waals surface area contributed by atoms with Crippen LogP contribution in [0.15, 0.2) is 0 Å². The van der Waals surface area contributed by atoms with Crippen LogP contribution in [0.4, 0.5) is 8.78 Å². The molecule has 1 nitrogen and oxygen atoms in total. The molecule has 1 aliphatic rings. The van der Waals surface area contributed by atoms with Gasteiger partial charge in [0.05, 0.1) is 6.10 Å². The largest absolute Gasteiger partial charge is 0.390 e. The van der Waals surface area contributed by atoms with E-state index in [1.807, 2.05) is 6.92 Å². The monoisotopic (exact) mass is 150 g/mol. The van der Waals surface area contributed by atoms with Crippen molar-refractivity contribution in [2.24, 2.45) is 5.92 Å². The molecule has 0 saturated heterocycles. The molecule has 0 heterocycles. The summed E-state index contributed by atoms with van der Waals surface area (Å²) in [5.41, 5.74) is 0. The predicted octanol–water partition coefficient (Wildman–Crippen LogP) is 1.45. The van der Waals surface area contributed by atoms with Gasteiger partial charge in [-0.15, -0.1) is 0 Å². The number of rotatable bonds is 0. The minimum absolute atomic E-state index is 0.108. The van der Waals surface area contributed by atoms with Crippen LogP contribution in [0.1, 0.15) is 19.8 Å².